The molecule has 6 rings (SSSR count). The molecular weight excluding hydrogens is 612 g/mol. The number of halogens is 1. The summed E-state index contributed by atoms with van der Waals surface area (Å²) >= 11 is 3.85. The van der Waals surface area contributed by atoms with Crippen molar-refractivity contribution in [3.8, 4) is 0 Å². The molecule has 1 saturated heterocycles. The third kappa shape index (κ3) is 6.44. The number of hydrogen-bond acceptors (Lipinski definition) is 7. The predicted octanol–water partition coefficient (Wildman–Crippen LogP) is 3.47. The molecule has 9 nitrogen and oxygen atoms in total. The third-order valence-electron chi connectivity index (χ3n) is 12.7. The lowest BCUT2D eigenvalue weighted by Crippen LogP contribution is -2.62. The summed E-state index contributed by atoms with van der Waals surface area (Å²) in [6.07, 6.45) is 7.02. The normalized spacial score (nSPS) is 45.2. The van der Waals surface area contributed by atoms with Crippen molar-refractivity contribution >= 4 is 27.7 Å². The zero-order chi connectivity index (χ0) is 31.2. The Morgan fingerprint density at radius 2 is 1.91 bits per heavy atom. The van der Waals surface area contributed by atoms with Crippen LogP contribution in [0.15, 0.2) is 0 Å². The lowest BCUT2D eigenvalue weighted by molar-refractivity contribution is -0.186. The highest BCUT2D eigenvalue weighted by molar-refractivity contribution is 9.09. The number of alkyl halides is 1. The number of carbonyl (C=O) groups excluding carboxylic acids is 2. The van der Waals surface area contributed by atoms with Crippen LogP contribution in [0.3, 0.4) is 0 Å². The Labute approximate surface area is 267 Å². The van der Waals surface area contributed by atoms with Gasteiger partial charge in [-0.15, -0.1) is 0 Å². The summed E-state index contributed by atoms with van der Waals surface area (Å²) in [7, 11) is 3.52. The van der Waals surface area contributed by atoms with Gasteiger partial charge >= 0.3 is 0 Å². The molecule has 6 unspecified atom stereocenters. The molecule has 5 aliphatic carbocycles. The lowest BCUT2D eigenvalue weighted by Gasteiger charge is -2.62. The Morgan fingerprint density at radius 3 is 2.51 bits per heavy atom. The number of methoxy groups -OCH3 is 1. The maximum atomic E-state index is 14.1. The van der Waals surface area contributed by atoms with Gasteiger partial charge in [-0.3, -0.25) is 14.4 Å². The molecule has 6 aliphatic rings. The van der Waals surface area contributed by atoms with Crippen LogP contribution in [0.4, 0.5) is 0 Å². The molecule has 14 atom stereocenters. The monoisotopic (exact) mass is 668 g/mol. The molecule has 0 aromatic heterocycles. The van der Waals surface area contributed by atoms with Gasteiger partial charge in [-0.2, -0.15) is 5.06 Å². The molecule has 43 heavy (non-hydrogen) atoms. The van der Waals surface area contributed by atoms with E-state index >= 15 is 0 Å². The van der Waals surface area contributed by atoms with Crippen molar-refractivity contribution in [2.24, 2.45) is 58.5 Å². The van der Waals surface area contributed by atoms with Crippen LogP contribution in [-0.2, 0) is 19.2 Å². The van der Waals surface area contributed by atoms with Gasteiger partial charge in [-0.25, -0.2) is 0 Å². The van der Waals surface area contributed by atoms with Crippen molar-refractivity contribution < 1.29 is 24.3 Å². The van der Waals surface area contributed by atoms with Gasteiger partial charge in [0.2, 0.25) is 11.8 Å². The molecule has 6 fully saturated rings. The van der Waals surface area contributed by atoms with Crippen LogP contribution in [0.1, 0.15) is 79.1 Å². The van der Waals surface area contributed by atoms with Gasteiger partial charge in [0, 0.05) is 55.9 Å². The maximum absolute atomic E-state index is 14.1. The minimum absolute atomic E-state index is 0.00355. The SMILES string of the molecule is CNC(=O)C1CC(Br)CC(C2CCCC(CN3O[C@@H](CN)[C@H]([C@H](C)O)[C@H]3C(=O)N[C@H]3C[C@H]4C[C@@H]([C@@H]3C)C4(C)C)C2OC)C1. The van der Waals surface area contributed by atoms with E-state index in [0.717, 1.165) is 44.9 Å². The van der Waals surface area contributed by atoms with Gasteiger partial charge < -0.3 is 26.2 Å². The summed E-state index contributed by atoms with van der Waals surface area (Å²) in [5, 5.41) is 19.0. The summed E-state index contributed by atoms with van der Waals surface area (Å²) < 4.78 is 6.26. The first-order valence-corrected chi connectivity index (χ1v) is 17.8. The Hall–Kier alpha value is -0.780. The summed E-state index contributed by atoms with van der Waals surface area (Å²) in [4.78, 5) is 33.5. The number of nitrogens with two attached hydrogens (primary N) is 1. The van der Waals surface area contributed by atoms with Crippen LogP contribution >= 0.6 is 15.9 Å². The molecule has 0 spiro atoms. The number of hydrogen-bond donors (Lipinski definition) is 4. The van der Waals surface area contributed by atoms with Crippen molar-refractivity contribution in [3.05, 3.63) is 0 Å². The molecular formula is C33H57BrN4O5. The number of amides is 2. The number of aliphatic hydroxyl groups excluding tert-OH is 1. The Kier molecular flexibility index (Phi) is 10.6. The quantitative estimate of drug-likeness (QED) is 0.277. The van der Waals surface area contributed by atoms with Crippen molar-refractivity contribution in [1.82, 2.24) is 15.7 Å². The summed E-state index contributed by atoms with van der Waals surface area (Å²) in [5.41, 5.74) is 6.50. The van der Waals surface area contributed by atoms with Crippen molar-refractivity contribution in [2.75, 3.05) is 27.2 Å². The van der Waals surface area contributed by atoms with Gasteiger partial charge in [0.05, 0.1) is 18.3 Å². The van der Waals surface area contributed by atoms with Gasteiger partial charge in [0.15, 0.2) is 0 Å². The second-order valence-corrected chi connectivity index (χ2v) is 16.5. The molecule has 246 valence electrons. The molecule has 1 aliphatic heterocycles. The summed E-state index contributed by atoms with van der Waals surface area (Å²) in [6.45, 7) is 9.57. The predicted molar refractivity (Wildman–Crippen MR) is 170 cm³/mol. The van der Waals surface area contributed by atoms with Crippen LogP contribution < -0.4 is 16.4 Å². The van der Waals surface area contributed by atoms with E-state index in [9.17, 15) is 14.7 Å². The number of aliphatic hydroxyl groups is 1. The topological polar surface area (TPSA) is 126 Å². The molecule has 5 saturated carbocycles. The lowest BCUT2D eigenvalue weighted by atomic mass is 9.45. The van der Waals surface area contributed by atoms with Crippen molar-refractivity contribution in [1.29, 1.82) is 0 Å². The number of nitrogens with one attached hydrogen (secondary N) is 2. The molecule has 0 radical (unpaired) electrons. The minimum atomic E-state index is -0.734. The largest absolute Gasteiger partial charge is 0.393 e. The minimum Gasteiger partial charge on any atom is -0.393 e. The van der Waals surface area contributed by atoms with Gasteiger partial charge in [-0.1, -0.05) is 43.1 Å². The number of nitrogens with zero attached hydrogens (tertiary/aromatic N) is 1. The fourth-order valence-corrected chi connectivity index (χ4v) is 11.1. The Balaban J connectivity index is 1.32. The first-order valence-electron chi connectivity index (χ1n) is 16.9. The first-order chi connectivity index (χ1) is 20.4. The van der Waals surface area contributed by atoms with E-state index in [1.165, 1.54) is 6.42 Å². The second kappa shape index (κ2) is 13.5. The third-order valence-corrected chi connectivity index (χ3v) is 13.5. The molecule has 0 aromatic carbocycles. The van der Waals surface area contributed by atoms with E-state index in [1.807, 2.05) is 5.06 Å². The van der Waals surface area contributed by atoms with Crippen LogP contribution in [0.25, 0.3) is 0 Å². The van der Waals surface area contributed by atoms with E-state index in [1.54, 1.807) is 21.1 Å². The van der Waals surface area contributed by atoms with Gasteiger partial charge in [0.25, 0.3) is 0 Å². The van der Waals surface area contributed by atoms with E-state index in [4.69, 9.17) is 15.3 Å². The molecule has 2 amide bonds. The first kappa shape index (κ1) is 33.6. The standard InChI is InChI=1S/C33H57BrN4O5/c1-17-25-13-22(33(25,3)4)14-26(17)37-32(41)29-28(18(2)39)27(15-35)43-38(29)16-19-8-7-9-24(30(19)42-6)20-10-21(31(40)36-5)12-23(34)11-20/h17-30,39H,7-16,35H2,1-6H3,(H,36,40)(H,37,41)/t17-,18-,19?,20?,21?,22+,23?,24?,25-,26-,27-,28-,29-,30?/m0/s1. The highest BCUT2D eigenvalue weighted by Gasteiger charge is 2.57. The average molecular weight is 670 g/mol. The number of ether oxygens (including phenoxy) is 1. The van der Waals surface area contributed by atoms with E-state index in [-0.39, 0.29) is 42.3 Å². The van der Waals surface area contributed by atoms with E-state index in [2.05, 4.69) is 47.3 Å². The Morgan fingerprint density at radius 1 is 1.16 bits per heavy atom. The highest BCUT2D eigenvalue weighted by atomic mass is 79.9. The number of rotatable bonds is 9. The number of carbonyl (C=O) groups is 2. The Bertz CT molecular complexity index is 998. The highest BCUT2D eigenvalue weighted by Crippen LogP contribution is 2.61. The average Bonchev–Trinajstić information content (AvgIpc) is 3.35. The zero-order valence-electron chi connectivity index (χ0n) is 27.1. The number of fused-ring (bicyclic) bond motifs is 2. The van der Waals surface area contributed by atoms with E-state index < -0.39 is 24.2 Å². The summed E-state index contributed by atoms with van der Waals surface area (Å²) in [6, 6.07) is -0.468. The maximum Gasteiger partial charge on any atom is 0.240 e. The van der Waals surface area contributed by atoms with Crippen molar-refractivity contribution in [2.45, 2.75) is 114 Å². The van der Waals surface area contributed by atoms with Crippen LogP contribution in [-0.4, -0.2) is 84.5 Å². The molecule has 2 bridgehead atoms. The fraction of sp³-hybridized carbons (Fsp3) is 0.939. The fourth-order valence-electron chi connectivity index (χ4n) is 10.2. The zero-order valence-corrected chi connectivity index (χ0v) is 28.7. The van der Waals surface area contributed by atoms with E-state index in [0.29, 0.717) is 46.4 Å². The smallest absolute Gasteiger partial charge is 0.240 e. The van der Waals surface area contributed by atoms with Crippen LogP contribution in [0.5, 0.6) is 0 Å². The number of hydroxylamine groups is 2. The molecule has 10 heteroatoms. The van der Waals surface area contributed by atoms with Gasteiger partial charge in [-0.05, 0) is 86.9 Å². The molecule has 0 aromatic rings. The molecule has 1 heterocycles. The second-order valence-electron chi connectivity index (χ2n) is 15.2. The van der Waals surface area contributed by atoms with Crippen LogP contribution in [0.2, 0.25) is 0 Å². The van der Waals surface area contributed by atoms with Crippen LogP contribution in [0, 0.1) is 52.8 Å². The summed E-state index contributed by atoms with van der Waals surface area (Å²) in [5.74, 6) is 2.25. The van der Waals surface area contributed by atoms with Crippen molar-refractivity contribution in [3.63, 3.8) is 0 Å². The molecule has 5 N–H and O–H groups in total. The van der Waals surface area contributed by atoms with Gasteiger partial charge in [0.1, 0.15) is 6.04 Å².